The van der Waals surface area contributed by atoms with Gasteiger partial charge < -0.3 is 16.4 Å². The van der Waals surface area contributed by atoms with Crippen LogP contribution >= 0.6 is 11.3 Å². The van der Waals surface area contributed by atoms with Crippen molar-refractivity contribution < 1.29 is 18.0 Å². The van der Waals surface area contributed by atoms with E-state index >= 15 is 0 Å². The summed E-state index contributed by atoms with van der Waals surface area (Å²) in [5.41, 5.74) is 7.51. The second-order valence-electron chi connectivity index (χ2n) is 9.57. The van der Waals surface area contributed by atoms with E-state index in [4.69, 9.17) is 11.1 Å². The molecule has 0 fully saturated rings. The Balaban J connectivity index is 1.55. The van der Waals surface area contributed by atoms with Gasteiger partial charge in [-0.1, -0.05) is 78.9 Å². The molecule has 2 atom stereocenters. The molecule has 1 heterocycles. The molecular formula is C31H33N5O4S2. The lowest BCUT2D eigenvalue weighted by molar-refractivity contribution is -0.121. The van der Waals surface area contributed by atoms with Gasteiger partial charge in [-0.25, -0.2) is 13.1 Å². The van der Waals surface area contributed by atoms with Crippen LogP contribution in [0.4, 0.5) is 0 Å². The maximum atomic E-state index is 13.4. The van der Waals surface area contributed by atoms with Gasteiger partial charge in [0.2, 0.25) is 0 Å². The smallest absolute Gasteiger partial charge is 0.264 e. The molecule has 42 heavy (non-hydrogen) atoms. The minimum atomic E-state index is -4.14. The van der Waals surface area contributed by atoms with Crippen molar-refractivity contribution in [2.45, 2.75) is 36.1 Å². The van der Waals surface area contributed by atoms with Crippen LogP contribution < -0.4 is 21.1 Å². The highest BCUT2D eigenvalue weighted by atomic mass is 32.2. The van der Waals surface area contributed by atoms with E-state index in [0.717, 1.165) is 22.4 Å². The summed E-state index contributed by atoms with van der Waals surface area (Å²) in [7, 11) is -4.14. The van der Waals surface area contributed by atoms with E-state index in [9.17, 15) is 18.0 Å². The summed E-state index contributed by atoms with van der Waals surface area (Å²) in [5.74, 6) is -1.65. The molecule has 0 radical (unpaired) electrons. The van der Waals surface area contributed by atoms with Crippen LogP contribution in [0.25, 0.3) is 0 Å². The quantitative estimate of drug-likeness (QED) is 0.119. The van der Waals surface area contributed by atoms with E-state index in [1.807, 2.05) is 30.3 Å². The Hall–Kier alpha value is -4.48. The number of carbonyl (C=O) groups is 2. The zero-order chi connectivity index (χ0) is 30.0. The van der Waals surface area contributed by atoms with Crippen LogP contribution in [0.5, 0.6) is 0 Å². The zero-order valence-corrected chi connectivity index (χ0v) is 24.5. The number of allylic oxidation sites excluding steroid dienone is 6. The van der Waals surface area contributed by atoms with E-state index < -0.39 is 27.9 Å². The first-order valence-corrected chi connectivity index (χ1v) is 15.7. The minimum Gasteiger partial charge on any atom is -0.370 e. The van der Waals surface area contributed by atoms with Crippen LogP contribution in [0.3, 0.4) is 0 Å². The lowest BCUT2D eigenvalue weighted by Gasteiger charge is -2.19. The Bertz CT molecular complexity index is 1600. The van der Waals surface area contributed by atoms with Gasteiger partial charge >= 0.3 is 0 Å². The molecule has 11 heteroatoms. The summed E-state index contributed by atoms with van der Waals surface area (Å²) in [4.78, 5) is 27.8. The molecule has 0 saturated heterocycles. The number of nitrogens with two attached hydrogens (primary N) is 1. The van der Waals surface area contributed by atoms with E-state index in [-0.39, 0.29) is 29.7 Å². The normalized spacial score (nSPS) is 14.2. The number of hydrogen-bond donors (Lipinski definition) is 5. The van der Waals surface area contributed by atoms with Crippen LogP contribution in [0, 0.1) is 5.41 Å². The highest BCUT2D eigenvalue weighted by molar-refractivity contribution is 7.90. The molecule has 218 valence electrons. The number of thiophene rings is 1. The molecule has 1 aliphatic rings. The average Bonchev–Trinajstić information content (AvgIpc) is 3.31. The van der Waals surface area contributed by atoms with Gasteiger partial charge in [0, 0.05) is 17.3 Å². The predicted molar refractivity (Wildman–Crippen MR) is 166 cm³/mol. The average molecular weight is 604 g/mol. The number of sulfonamides is 1. The molecule has 0 aliphatic heterocycles. The highest BCUT2D eigenvalue weighted by Gasteiger charge is 2.27. The first-order chi connectivity index (χ1) is 20.2. The number of nitrogens with one attached hydrogen (secondary N) is 4. The van der Waals surface area contributed by atoms with E-state index in [2.05, 4.69) is 51.8 Å². The third-order valence-corrected chi connectivity index (χ3v) is 9.02. The monoisotopic (exact) mass is 603 g/mol. The second kappa shape index (κ2) is 14.4. The second-order valence-corrected chi connectivity index (χ2v) is 12.4. The maximum Gasteiger partial charge on any atom is 0.264 e. The number of guanidine groups is 1. The lowest BCUT2D eigenvalue weighted by atomic mass is 9.89. The first-order valence-electron chi connectivity index (χ1n) is 13.4. The zero-order valence-electron chi connectivity index (χ0n) is 22.8. The maximum absolute atomic E-state index is 13.4. The van der Waals surface area contributed by atoms with Crippen LogP contribution in [0.2, 0.25) is 0 Å². The summed E-state index contributed by atoms with van der Waals surface area (Å²) in [6.07, 6.45) is 11.7. The molecule has 0 saturated carbocycles. The fourth-order valence-corrected chi connectivity index (χ4v) is 6.58. The summed E-state index contributed by atoms with van der Waals surface area (Å²) < 4.78 is 27.7. The van der Waals surface area contributed by atoms with Crippen molar-refractivity contribution in [1.29, 1.82) is 5.41 Å². The minimum absolute atomic E-state index is 0.0618. The van der Waals surface area contributed by atoms with Crippen LogP contribution in [-0.4, -0.2) is 38.8 Å². The van der Waals surface area contributed by atoms with Crippen LogP contribution in [0.1, 0.15) is 45.3 Å². The van der Waals surface area contributed by atoms with Crippen molar-refractivity contribution >= 4 is 39.1 Å². The third kappa shape index (κ3) is 8.27. The van der Waals surface area contributed by atoms with Crippen LogP contribution in [0.15, 0.2) is 114 Å². The summed E-state index contributed by atoms with van der Waals surface area (Å²) >= 11 is 1.32. The molecule has 9 nitrogen and oxygen atoms in total. The van der Waals surface area contributed by atoms with Gasteiger partial charge in [-0.2, -0.15) is 0 Å². The van der Waals surface area contributed by atoms with Crippen molar-refractivity contribution in [3.63, 3.8) is 0 Å². The largest absolute Gasteiger partial charge is 0.370 e. The number of carbonyl (C=O) groups excluding carboxylic acids is 2. The fourth-order valence-electron chi connectivity index (χ4n) is 4.47. The molecule has 6 N–H and O–H groups in total. The third-order valence-electron chi connectivity index (χ3n) is 6.50. The molecule has 1 unspecified atom stereocenters. The van der Waals surface area contributed by atoms with Gasteiger partial charge in [0.1, 0.15) is 6.04 Å². The predicted octanol–water partition coefficient (Wildman–Crippen LogP) is 4.19. The molecule has 2 amide bonds. The number of amides is 2. The Kier molecular flexibility index (Phi) is 10.5. The molecule has 3 aromatic rings. The molecule has 1 aliphatic carbocycles. The lowest BCUT2D eigenvalue weighted by Crippen LogP contribution is -2.48. The molecular weight excluding hydrogens is 571 g/mol. The topological polar surface area (TPSA) is 154 Å². The van der Waals surface area contributed by atoms with Gasteiger partial charge in [0.15, 0.2) is 5.96 Å². The van der Waals surface area contributed by atoms with Crippen molar-refractivity contribution in [3.05, 3.63) is 124 Å². The first kappa shape index (κ1) is 30.5. The van der Waals surface area contributed by atoms with E-state index in [1.165, 1.54) is 23.5 Å². The summed E-state index contributed by atoms with van der Waals surface area (Å²) in [5, 5.41) is 12.7. The summed E-state index contributed by atoms with van der Waals surface area (Å²) in [6.45, 7) is 0.277. The fraction of sp³-hybridized carbons (Fsp3) is 0.194. The summed E-state index contributed by atoms with van der Waals surface area (Å²) in [6, 6.07) is 20.0. The van der Waals surface area contributed by atoms with Crippen molar-refractivity contribution in [1.82, 2.24) is 15.4 Å². The van der Waals surface area contributed by atoms with Crippen molar-refractivity contribution in [2.24, 2.45) is 5.73 Å². The Morgan fingerprint density at radius 3 is 2.40 bits per heavy atom. The molecule has 0 bridgehead atoms. The van der Waals surface area contributed by atoms with E-state index in [0.29, 0.717) is 11.3 Å². The number of rotatable bonds is 12. The van der Waals surface area contributed by atoms with Crippen LogP contribution in [-0.2, 0) is 14.8 Å². The molecule has 1 aromatic heterocycles. The van der Waals surface area contributed by atoms with Crippen molar-refractivity contribution in [2.75, 3.05) is 6.54 Å². The highest BCUT2D eigenvalue weighted by Crippen LogP contribution is 2.37. The van der Waals surface area contributed by atoms with E-state index in [1.54, 1.807) is 24.3 Å². The molecule has 0 spiro atoms. The molecule has 4 rings (SSSR count). The Labute approximate surface area is 249 Å². The van der Waals surface area contributed by atoms with Gasteiger partial charge in [0.25, 0.3) is 21.8 Å². The van der Waals surface area contributed by atoms with Gasteiger partial charge in [0.05, 0.1) is 9.77 Å². The number of benzene rings is 2. The number of hydrogen-bond acceptors (Lipinski definition) is 6. The standard InChI is InChI=1S/C31H33N5O4S2/c32-31(33)34-21-11-18-25(29(37)36-42(39,40)24-16-9-4-10-17-24)35-30(38)27-20-19-26(41-27)28(23-14-7-3-8-15-23)22-12-5-1-2-6-13-22/h1,3-10,12-17,19-20,25,28H,2,11,18,21H2,(H,35,38)(H,36,37)(H4,32,33,34)/t25-,28?/m0/s1. The van der Waals surface area contributed by atoms with Gasteiger partial charge in [-0.3, -0.25) is 15.0 Å². The Morgan fingerprint density at radius 2 is 1.69 bits per heavy atom. The SMILES string of the molecule is N=C(N)NCCC[C@H](NC(=O)c1ccc(C(C2=CC=CCC=C2)c2ccccc2)s1)C(=O)NS(=O)(=O)c1ccccc1. The molecule has 2 aromatic carbocycles. The van der Waals surface area contributed by atoms with Gasteiger partial charge in [-0.15, -0.1) is 11.3 Å². The Morgan fingerprint density at radius 1 is 0.976 bits per heavy atom. The van der Waals surface area contributed by atoms with Gasteiger partial charge in [-0.05, 0) is 54.7 Å². The van der Waals surface area contributed by atoms with Crippen molar-refractivity contribution in [3.8, 4) is 0 Å².